The van der Waals surface area contributed by atoms with Gasteiger partial charge >= 0.3 is 0 Å². The summed E-state index contributed by atoms with van der Waals surface area (Å²) >= 11 is 6.43. The van der Waals surface area contributed by atoms with Gasteiger partial charge in [-0.1, -0.05) is 41.9 Å². The molecule has 1 aliphatic heterocycles. The standard InChI is InChI=1S/C31H29ClF2N4O3/c1-18(29(39)36-15-19-11-22(33)14-23(34)12-19)30(40)37-28(13-21-16-35-27-8-3-2-6-24(21)27)31(41)38-10-9-20-5-4-7-26(32)25(20)17-38/h2-8,11-12,14,16,18,28,35H,9-10,13,15,17H2,1H3,(H,36,39)(H,37,40). The summed E-state index contributed by atoms with van der Waals surface area (Å²) < 4.78 is 27.0. The number of carbonyl (C=O) groups excluding carboxylic acids is 3. The zero-order valence-electron chi connectivity index (χ0n) is 22.3. The molecule has 0 saturated carbocycles. The lowest BCUT2D eigenvalue weighted by atomic mass is 9.97. The van der Waals surface area contributed by atoms with Crippen molar-refractivity contribution in [2.75, 3.05) is 6.54 Å². The van der Waals surface area contributed by atoms with Crippen LogP contribution in [-0.4, -0.2) is 40.2 Å². The number of H-pyrrole nitrogens is 1. The molecule has 2 unspecified atom stereocenters. The highest BCUT2D eigenvalue weighted by Gasteiger charge is 2.32. The first-order valence-corrected chi connectivity index (χ1v) is 13.7. The average molecular weight is 579 g/mol. The summed E-state index contributed by atoms with van der Waals surface area (Å²) in [4.78, 5) is 44.8. The zero-order chi connectivity index (χ0) is 29.1. The number of rotatable bonds is 8. The number of halogens is 3. The van der Waals surface area contributed by atoms with Gasteiger partial charge in [0.2, 0.25) is 17.7 Å². The Bertz CT molecular complexity index is 1600. The minimum Gasteiger partial charge on any atom is -0.361 e. The fourth-order valence-electron chi connectivity index (χ4n) is 5.14. The lowest BCUT2D eigenvalue weighted by Crippen LogP contribution is -2.53. The molecule has 2 heterocycles. The van der Waals surface area contributed by atoms with E-state index in [1.807, 2.05) is 42.6 Å². The van der Waals surface area contributed by atoms with Crippen LogP contribution in [0.2, 0.25) is 5.02 Å². The van der Waals surface area contributed by atoms with E-state index in [1.165, 1.54) is 6.92 Å². The van der Waals surface area contributed by atoms with Crippen molar-refractivity contribution in [2.24, 2.45) is 5.92 Å². The molecule has 1 aliphatic rings. The molecule has 10 heteroatoms. The second-order valence-corrected chi connectivity index (χ2v) is 10.6. The monoisotopic (exact) mass is 578 g/mol. The summed E-state index contributed by atoms with van der Waals surface area (Å²) in [7, 11) is 0. The van der Waals surface area contributed by atoms with Crippen LogP contribution in [0.15, 0.2) is 66.9 Å². The Labute approximate surface area is 240 Å². The van der Waals surface area contributed by atoms with Gasteiger partial charge in [-0.25, -0.2) is 8.78 Å². The molecule has 212 valence electrons. The molecule has 5 rings (SSSR count). The van der Waals surface area contributed by atoms with Crippen LogP contribution in [0.1, 0.15) is 29.2 Å². The van der Waals surface area contributed by atoms with E-state index in [0.29, 0.717) is 24.5 Å². The van der Waals surface area contributed by atoms with Gasteiger partial charge in [-0.05, 0) is 59.9 Å². The smallest absolute Gasteiger partial charge is 0.245 e. The van der Waals surface area contributed by atoms with Crippen molar-refractivity contribution in [3.63, 3.8) is 0 Å². The molecule has 0 bridgehead atoms. The minimum atomic E-state index is -1.16. The van der Waals surface area contributed by atoms with Gasteiger partial charge in [-0.15, -0.1) is 0 Å². The van der Waals surface area contributed by atoms with Gasteiger partial charge in [0.05, 0.1) is 0 Å². The molecule has 3 aromatic carbocycles. The fraction of sp³-hybridized carbons (Fsp3) is 0.258. The maximum atomic E-state index is 13.9. The maximum Gasteiger partial charge on any atom is 0.245 e. The minimum absolute atomic E-state index is 0.156. The van der Waals surface area contributed by atoms with E-state index in [9.17, 15) is 23.2 Å². The molecule has 4 aromatic rings. The van der Waals surface area contributed by atoms with Crippen molar-refractivity contribution in [1.82, 2.24) is 20.5 Å². The van der Waals surface area contributed by atoms with Crippen molar-refractivity contribution < 1.29 is 23.2 Å². The van der Waals surface area contributed by atoms with Gasteiger partial charge in [0, 0.05) is 54.2 Å². The van der Waals surface area contributed by atoms with Gasteiger partial charge < -0.3 is 20.5 Å². The highest BCUT2D eigenvalue weighted by molar-refractivity contribution is 6.31. The lowest BCUT2D eigenvalue weighted by Gasteiger charge is -2.33. The van der Waals surface area contributed by atoms with Crippen molar-refractivity contribution in [1.29, 1.82) is 0 Å². The quantitative estimate of drug-likeness (QED) is 0.265. The van der Waals surface area contributed by atoms with Crippen LogP contribution in [0.5, 0.6) is 0 Å². The first-order chi connectivity index (χ1) is 19.7. The van der Waals surface area contributed by atoms with Crippen molar-refractivity contribution in [3.8, 4) is 0 Å². The predicted octanol–water partition coefficient (Wildman–Crippen LogP) is 4.66. The Balaban J connectivity index is 1.32. The normalized spacial score (nSPS) is 14.3. The number of nitrogens with one attached hydrogen (secondary N) is 3. The van der Waals surface area contributed by atoms with Crippen LogP contribution in [0.4, 0.5) is 8.78 Å². The van der Waals surface area contributed by atoms with Gasteiger partial charge in [0.25, 0.3) is 0 Å². The summed E-state index contributed by atoms with van der Waals surface area (Å²) in [6.45, 7) is 2.04. The molecular formula is C31H29ClF2N4O3. The zero-order valence-corrected chi connectivity index (χ0v) is 23.1. The second-order valence-electron chi connectivity index (χ2n) is 10.2. The molecule has 0 saturated heterocycles. The number of carbonyl (C=O) groups is 3. The van der Waals surface area contributed by atoms with E-state index in [4.69, 9.17) is 11.6 Å². The number of hydrogen-bond acceptors (Lipinski definition) is 3. The maximum absolute atomic E-state index is 13.9. The number of benzene rings is 3. The number of hydrogen-bond donors (Lipinski definition) is 3. The first-order valence-electron chi connectivity index (χ1n) is 13.3. The number of nitrogens with zero attached hydrogens (tertiary/aromatic N) is 1. The van der Waals surface area contributed by atoms with Crippen LogP contribution in [-0.2, 0) is 40.3 Å². The number of aromatic amines is 1. The molecule has 3 amide bonds. The molecule has 0 spiro atoms. The SMILES string of the molecule is CC(C(=O)NCc1cc(F)cc(F)c1)C(=O)NC(Cc1c[nH]c2ccccc12)C(=O)N1CCc2cccc(Cl)c2C1. The molecular weight excluding hydrogens is 550 g/mol. The van der Waals surface area contributed by atoms with Gasteiger partial charge in [-0.3, -0.25) is 14.4 Å². The molecule has 0 radical (unpaired) electrons. The molecule has 1 aromatic heterocycles. The highest BCUT2D eigenvalue weighted by atomic mass is 35.5. The molecule has 41 heavy (non-hydrogen) atoms. The predicted molar refractivity (Wildman–Crippen MR) is 152 cm³/mol. The topological polar surface area (TPSA) is 94.3 Å². The summed E-state index contributed by atoms with van der Waals surface area (Å²) in [5.74, 6) is -4.24. The third-order valence-corrected chi connectivity index (χ3v) is 7.77. The summed E-state index contributed by atoms with van der Waals surface area (Å²) in [6.07, 6.45) is 2.65. The molecule has 0 aliphatic carbocycles. The fourth-order valence-corrected chi connectivity index (χ4v) is 5.39. The highest BCUT2D eigenvalue weighted by Crippen LogP contribution is 2.27. The third-order valence-electron chi connectivity index (χ3n) is 7.42. The van der Waals surface area contributed by atoms with Crippen molar-refractivity contribution >= 4 is 40.2 Å². The van der Waals surface area contributed by atoms with E-state index in [1.54, 1.807) is 11.0 Å². The number of para-hydroxylation sites is 1. The van der Waals surface area contributed by atoms with E-state index in [0.717, 1.165) is 45.8 Å². The van der Waals surface area contributed by atoms with E-state index in [-0.39, 0.29) is 24.4 Å². The Kier molecular flexibility index (Phi) is 8.35. The van der Waals surface area contributed by atoms with Crippen LogP contribution in [0.3, 0.4) is 0 Å². The van der Waals surface area contributed by atoms with Crippen LogP contribution in [0.25, 0.3) is 10.9 Å². The third kappa shape index (κ3) is 6.41. The Morgan fingerprint density at radius 1 is 1.02 bits per heavy atom. The van der Waals surface area contributed by atoms with Gasteiger partial charge in [-0.2, -0.15) is 0 Å². The van der Waals surface area contributed by atoms with Crippen molar-refractivity contribution in [3.05, 3.63) is 106 Å². The van der Waals surface area contributed by atoms with Crippen LogP contribution >= 0.6 is 11.6 Å². The largest absolute Gasteiger partial charge is 0.361 e. The Morgan fingerprint density at radius 3 is 2.56 bits per heavy atom. The van der Waals surface area contributed by atoms with Gasteiger partial charge in [0.1, 0.15) is 23.6 Å². The summed E-state index contributed by atoms with van der Waals surface area (Å²) in [5, 5.41) is 6.85. The van der Waals surface area contributed by atoms with Crippen LogP contribution < -0.4 is 10.6 Å². The first kappa shape index (κ1) is 28.3. The number of aromatic nitrogens is 1. The van der Waals surface area contributed by atoms with E-state index >= 15 is 0 Å². The van der Waals surface area contributed by atoms with E-state index in [2.05, 4.69) is 15.6 Å². The van der Waals surface area contributed by atoms with Crippen molar-refractivity contribution in [2.45, 2.75) is 38.9 Å². The molecule has 7 nitrogen and oxygen atoms in total. The summed E-state index contributed by atoms with van der Waals surface area (Å²) in [6, 6.07) is 15.3. The Hall–Kier alpha value is -4.24. The average Bonchev–Trinajstić information content (AvgIpc) is 3.37. The summed E-state index contributed by atoms with van der Waals surface area (Å²) in [5.41, 5.74) is 3.94. The molecule has 2 atom stereocenters. The van der Waals surface area contributed by atoms with Gasteiger partial charge in [0.15, 0.2) is 0 Å². The molecule has 0 fully saturated rings. The number of fused-ring (bicyclic) bond motifs is 2. The van der Waals surface area contributed by atoms with E-state index < -0.39 is 35.4 Å². The Morgan fingerprint density at radius 2 is 1.78 bits per heavy atom. The molecule has 3 N–H and O–H groups in total. The lowest BCUT2D eigenvalue weighted by molar-refractivity contribution is -0.140. The van der Waals surface area contributed by atoms with Crippen LogP contribution in [0, 0.1) is 17.6 Å². The second kappa shape index (κ2) is 12.1. The number of amides is 3.